The van der Waals surface area contributed by atoms with Crippen molar-refractivity contribution in [2.45, 2.75) is 30.8 Å². The number of carbonyl (C=O) groups excluding carboxylic acids is 2. The lowest BCUT2D eigenvalue weighted by atomic mass is 10.0. The van der Waals surface area contributed by atoms with Gasteiger partial charge in [0.1, 0.15) is 6.04 Å². The smallest absolute Gasteiger partial charge is 0.124 e. The number of hydrogen-bond donors (Lipinski definition) is 2. The van der Waals surface area contributed by atoms with Gasteiger partial charge in [0, 0.05) is 13.0 Å². The molecule has 0 saturated carbocycles. The summed E-state index contributed by atoms with van der Waals surface area (Å²) in [6.07, 6.45) is 1.21. The molecule has 0 aromatic carbocycles. The summed E-state index contributed by atoms with van der Waals surface area (Å²) < 4.78 is 0. The molecule has 14 heavy (non-hydrogen) atoms. The van der Waals surface area contributed by atoms with E-state index in [-0.39, 0.29) is 0 Å². The van der Waals surface area contributed by atoms with Gasteiger partial charge in [-0.2, -0.15) is 0 Å². The van der Waals surface area contributed by atoms with Gasteiger partial charge < -0.3 is 30.9 Å². The maximum Gasteiger partial charge on any atom is 0.124 e. The largest absolute Gasteiger partial charge is 0.548 e. The van der Waals surface area contributed by atoms with E-state index in [1.165, 1.54) is 0 Å². The summed E-state index contributed by atoms with van der Waals surface area (Å²) in [5.41, 5.74) is 2.47. The molecule has 1 heterocycles. The molecular formula is C8H13N2O4-. The van der Waals surface area contributed by atoms with Crippen LogP contribution < -0.4 is 21.3 Å². The van der Waals surface area contributed by atoms with Crippen LogP contribution in [0.1, 0.15) is 19.3 Å². The van der Waals surface area contributed by atoms with Crippen LogP contribution in [0, 0.1) is 0 Å². The van der Waals surface area contributed by atoms with Crippen molar-refractivity contribution >= 4 is 11.9 Å². The highest BCUT2D eigenvalue weighted by Crippen LogP contribution is 2.23. The second-order valence-electron chi connectivity index (χ2n) is 3.63. The van der Waals surface area contributed by atoms with Crippen LogP contribution in [0.5, 0.6) is 0 Å². The van der Waals surface area contributed by atoms with Gasteiger partial charge in [0.15, 0.2) is 0 Å². The Morgan fingerprint density at radius 2 is 2.07 bits per heavy atom. The summed E-state index contributed by atoms with van der Waals surface area (Å²) in [5.74, 6) is -2.32. The highest BCUT2D eigenvalue weighted by Gasteiger charge is 2.42. The SMILES string of the molecule is [NH3+][C@@H](CCC[C@@]1(C(=O)[O-])CN1)C(=O)[O-]. The van der Waals surface area contributed by atoms with Crippen molar-refractivity contribution in [2.24, 2.45) is 0 Å². The van der Waals surface area contributed by atoms with Gasteiger partial charge in [0.25, 0.3) is 0 Å². The Hall–Kier alpha value is -1.14. The van der Waals surface area contributed by atoms with Crippen molar-refractivity contribution < 1.29 is 25.5 Å². The molecule has 6 nitrogen and oxygen atoms in total. The second-order valence-corrected chi connectivity index (χ2v) is 3.63. The molecule has 1 saturated heterocycles. The van der Waals surface area contributed by atoms with Crippen LogP contribution in [-0.2, 0) is 9.59 Å². The van der Waals surface area contributed by atoms with Gasteiger partial charge in [-0.15, -0.1) is 0 Å². The van der Waals surface area contributed by atoms with Gasteiger partial charge in [-0.05, 0) is 12.8 Å². The number of nitrogens with one attached hydrogen (secondary N) is 1. The zero-order valence-corrected chi connectivity index (χ0v) is 7.75. The minimum absolute atomic E-state index is 0.332. The van der Waals surface area contributed by atoms with Crippen LogP contribution >= 0.6 is 0 Å². The van der Waals surface area contributed by atoms with Gasteiger partial charge in [0.05, 0.1) is 17.5 Å². The molecule has 0 spiro atoms. The minimum atomic E-state index is -1.20. The summed E-state index contributed by atoms with van der Waals surface area (Å²) in [6, 6.07) is -0.771. The first-order valence-electron chi connectivity index (χ1n) is 4.48. The predicted molar refractivity (Wildman–Crippen MR) is 41.3 cm³/mol. The van der Waals surface area contributed by atoms with Crippen molar-refractivity contribution in [3.8, 4) is 0 Å². The van der Waals surface area contributed by atoms with E-state index >= 15 is 0 Å². The van der Waals surface area contributed by atoms with Crippen LogP contribution in [0.25, 0.3) is 0 Å². The zero-order valence-electron chi connectivity index (χ0n) is 7.75. The maximum atomic E-state index is 10.6. The number of hydrogen-bond acceptors (Lipinski definition) is 5. The highest BCUT2D eigenvalue weighted by molar-refractivity contribution is 5.80. The van der Waals surface area contributed by atoms with E-state index < -0.39 is 23.5 Å². The van der Waals surface area contributed by atoms with Crippen molar-refractivity contribution in [1.82, 2.24) is 5.32 Å². The standard InChI is InChI=1S/C8H14N2O4/c9-5(6(11)12)2-1-3-8(4-10-8)7(13)14/h5,10H,1-4,9H2,(H,11,12)(H,13,14)/p-1/t5-,8-/m0/s1. The van der Waals surface area contributed by atoms with Gasteiger partial charge >= 0.3 is 0 Å². The molecule has 1 fully saturated rings. The fourth-order valence-electron chi connectivity index (χ4n) is 1.30. The molecule has 0 radical (unpaired) electrons. The number of aliphatic carboxylic acids is 2. The molecule has 80 valence electrons. The maximum absolute atomic E-state index is 10.6. The first-order valence-corrected chi connectivity index (χ1v) is 4.48. The summed E-state index contributed by atoms with van der Waals surface area (Å²) in [5, 5.41) is 23.6. The fourth-order valence-corrected chi connectivity index (χ4v) is 1.30. The molecule has 6 heteroatoms. The normalized spacial score (nSPS) is 26.9. The van der Waals surface area contributed by atoms with Gasteiger partial charge in [-0.25, -0.2) is 0 Å². The topological polar surface area (TPSA) is 130 Å². The first kappa shape index (κ1) is 10.9. The van der Waals surface area contributed by atoms with Crippen LogP contribution in [0.4, 0.5) is 0 Å². The Morgan fingerprint density at radius 1 is 1.50 bits per heavy atom. The van der Waals surface area contributed by atoms with Gasteiger partial charge in [0.2, 0.25) is 0 Å². The Balaban J connectivity index is 2.22. The van der Waals surface area contributed by atoms with E-state index in [2.05, 4.69) is 11.1 Å². The average Bonchev–Trinajstić information content (AvgIpc) is 2.85. The van der Waals surface area contributed by atoms with Crippen LogP contribution in [0.2, 0.25) is 0 Å². The number of carbonyl (C=O) groups is 2. The Bertz CT molecular complexity index is 250. The molecule has 1 aliphatic rings. The number of rotatable bonds is 6. The number of carboxylic acids is 2. The van der Waals surface area contributed by atoms with Crippen molar-refractivity contribution in [2.75, 3.05) is 6.54 Å². The lowest BCUT2D eigenvalue weighted by Crippen LogP contribution is -2.68. The molecule has 1 rings (SSSR count). The third kappa shape index (κ3) is 2.43. The van der Waals surface area contributed by atoms with Crippen LogP contribution in [-0.4, -0.2) is 30.1 Å². The summed E-state index contributed by atoms with van der Waals surface area (Å²) in [7, 11) is 0. The van der Waals surface area contributed by atoms with Crippen molar-refractivity contribution in [3.63, 3.8) is 0 Å². The van der Waals surface area contributed by atoms with E-state index in [1.807, 2.05) is 0 Å². The highest BCUT2D eigenvalue weighted by atomic mass is 16.4. The average molecular weight is 201 g/mol. The van der Waals surface area contributed by atoms with E-state index in [0.717, 1.165) is 0 Å². The Labute approximate surface area is 81.1 Å². The van der Waals surface area contributed by atoms with E-state index in [9.17, 15) is 19.8 Å². The molecule has 0 unspecified atom stereocenters. The van der Waals surface area contributed by atoms with E-state index in [4.69, 9.17) is 0 Å². The summed E-state index contributed by atoms with van der Waals surface area (Å²) in [6.45, 7) is 0.405. The van der Waals surface area contributed by atoms with E-state index in [1.54, 1.807) is 0 Å². The summed E-state index contributed by atoms with van der Waals surface area (Å²) in [4.78, 5) is 20.9. The molecule has 0 amide bonds. The molecule has 2 atom stereocenters. The number of carboxylic acid groups (broad SMARTS) is 2. The molecular weight excluding hydrogens is 188 g/mol. The lowest BCUT2D eigenvalue weighted by Gasteiger charge is -2.15. The molecule has 0 aromatic rings. The summed E-state index contributed by atoms with van der Waals surface area (Å²) >= 11 is 0. The first-order chi connectivity index (χ1) is 6.48. The number of quaternary nitrogens is 1. The quantitative estimate of drug-likeness (QED) is 0.419. The molecule has 4 N–H and O–H groups in total. The van der Waals surface area contributed by atoms with Gasteiger partial charge in [-0.1, -0.05) is 0 Å². The van der Waals surface area contributed by atoms with Crippen LogP contribution in [0.15, 0.2) is 0 Å². The third-order valence-corrected chi connectivity index (χ3v) is 2.48. The monoisotopic (exact) mass is 201 g/mol. The molecule has 0 bridgehead atoms. The lowest BCUT2D eigenvalue weighted by molar-refractivity contribution is -0.438. The van der Waals surface area contributed by atoms with Crippen molar-refractivity contribution in [1.29, 1.82) is 0 Å². The molecule has 0 aromatic heterocycles. The van der Waals surface area contributed by atoms with Crippen molar-refractivity contribution in [3.05, 3.63) is 0 Å². The molecule has 0 aliphatic carbocycles. The van der Waals surface area contributed by atoms with E-state index in [0.29, 0.717) is 25.8 Å². The fraction of sp³-hybridized carbons (Fsp3) is 0.750. The zero-order chi connectivity index (χ0) is 10.8. The van der Waals surface area contributed by atoms with Gasteiger partial charge in [-0.3, -0.25) is 0 Å². The minimum Gasteiger partial charge on any atom is -0.548 e. The Kier molecular flexibility index (Phi) is 3.07. The predicted octanol–water partition coefficient (Wildman–Crippen LogP) is -4.39. The molecule has 1 aliphatic heterocycles. The third-order valence-electron chi connectivity index (χ3n) is 2.48. The van der Waals surface area contributed by atoms with Crippen LogP contribution in [0.3, 0.4) is 0 Å². The Morgan fingerprint density at radius 3 is 2.43 bits per heavy atom. The second kappa shape index (κ2) is 3.93.